The van der Waals surface area contributed by atoms with Gasteiger partial charge in [0.15, 0.2) is 0 Å². The van der Waals surface area contributed by atoms with Gasteiger partial charge in [-0.1, -0.05) is 117 Å². The lowest BCUT2D eigenvalue weighted by molar-refractivity contribution is -0.128. The van der Waals surface area contributed by atoms with Crippen LogP contribution in [-0.2, 0) is 20.9 Å². The number of halogens is 2. The summed E-state index contributed by atoms with van der Waals surface area (Å²) in [7, 11) is 0. The van der Waals surface area contributed by atoms with E-state index in [0.717, 1.165) is 28.8 Å². The lowest BCUT2D eigenvalue weighted by atomic mass is 10.0. The van der Waals surface area contributed by atoms with E-state index in [9.17, 15) is 18.4 Å². The van der Waals surface area contributed by atoms with E-state index in [1.165, 1.54) is 0 Å². The smallest absolute Gasteiger partial charge is 0.308 e. The quantitative estimate of drug-likeness (QED) is 0.320. The van der Waals surface area contributed by atoms with Gasteiger partial charge in [0.25, 0.3) is 0 Å². The van der Waals surface area contributed by atoms with Gasteiger partial charge in [0.05, 0.1) is 18.3 Å². The number of carbonyl (C=O) groups excluding carboxylic acids is 2. The number of rotatable bonds is 5. The zero-order chi connectivity index (χ0) is 38.1. The van der Waals surface area contributed by atoms with E-state index >= 15 is 0 Å². The van der Waals surface area contributed by atoms with Crippen molar-refractivity contribution in [2.24, 2.45) is 0 Å². The molecule has 4 rings (SSSR count). The van der Waals surface area contributed by atoms with Crippen molar-refractivity contribution in [2.75, 3.05) is 18.1 Å². The standard InChI is InChI=1S/C18H15NO.C12H17F2NO2.C4H6.4C2H6/c1-2-18(20)19-13-16-9-4-3-7-14(16)11-12-15-8-5-6-10-17(15)19;1-2-15-11(16)9-17-10-5-3-4-7-12(13,14)8-6-10;1-3-4-2;4*1-2/h3-10H,2,13H2,1H3;10H,2-3,5-6,8-9H2,1H3,(H,15,16);1H,4H2,2H3;4*1-2H3. The average molecular weight is 681 g/mol. The summed E-state index contributed by atoms with van der Waals surface area (Å²) in [4.78, 5) is 25.3. The Morgan fingerprint density at radius 1 is 0.918 bits per heavy atom. The summed E-state index contributed by atoms with van der Waals surface area (Å²) in [5.41, 5.74) is 3.90. The number of ether oxygens (including phenoxy) is 1. The molecule has 0 bridgehead atoms. The third-order valence-corrected chi connectivity index (χ3v) is 6.15. The minimum absolute atomic E-state index is 0.0719. The van der Waals surface area contributed by atoms with Gasteiger partial charge in [0.2, 0.25) is 11.8 Å². The number of likely N-dealkylation sites (N-methyl/N-ethyl adjacent to an activating group) is 1. The summed E-state index contributed by atoms with van der Waals surface area (Å²) >= 11 is 0. The molecule has 0 aromatic heterocycles. The maximum absolute atomic E-state index is 13.0. The number of anilines is 1. The Balaban J connectivity index is -0.000000663. The minimum atomic E-state index is -2.92. The van der Waals surface area contributed by atoms with Gasteiger partial charge in [0.1, 0.15) is 6.61 Å². The first-order valence-corrected chi connectivity index (χ1v) is 17.9. The molecule has 1 unspecified atom stereocenters. The highest BCUT2D eigenvalue weighted by atomic mass is 19.3. The summed E-state index contributed by atoms with van der Waals surface area (Å²) in [5.74, 6) is 10.2. The SMILES string of the molecule is C#CCC.CC.CC.CC.CC.CCC(=O)N1Cc2ccccc2C#Cc2ccccc21.CCNC(=O)COC1CCC#CC(F)(F)CC1. The molecule has 0 spiro atoms. The van der Waals surface area contributed by atoms with E-state index < -0.39 is 5.92 Å². The van der Waals surface area contributed by atoms with E-state index in [2.05, 4.69) is 29.0 Å². The number of para-hydroxylation sites is 1. The molecule has 0 fully saturated rings. The number of terminal acetylenes is 1. The number of fused-ring (bicyclic) bond motifs is 2. The maximum Gasteiger partial charge on any atom is 0.308 e. The van der Waals surface area contributed by atoms with Crippen LogP contribution in [0.1, 0.15) is 131 Å². The summed E-state index contributed by atoms with van der Waals surface area (Å²) in [6.45, 7) is 22.7. The van der Waals surface area contributed by atoms with Crippen molar-refractivity contribution >= 4 is 17.5 Å². The first-order valence-electron chi connectivity index (χ1n) is 17.9. The van der Waals surface area contributed by atoms with Gasteiger partial charge in [-0.05, 0) is 49.4 Å². The summed E-state index contributed by atoms with van der Waals surface area (Å²) in [5, 5.41) is 2.59. The maximum atomic E-state index is 13.0. The molecular weight excluding hydrogens is 618 g/mol. The van der Waals surface area contributed by atoms with Gasteiger partial charge < -0.3 is 15.0 Å². The van der Waals surface area contributed by atoms with Crippen molar-refractivity contribution in [1.29, 1.82) is 0 Å². The van der Waals surface area contributed by atoms with Crippen molar-refractivity contribution in [2.45, 2.75) is 133 Å². The number of carbonyl (C=O) groups is 2. The van der Waals surface area contributed by atoms with Crippen LogP contribution in [0.5, 0.6) is 0 Å². The van der Waals surface area contributed by atoms with E-state index in [4.69, 9.17) is 11.2 Å². The monoisotopic (exact) mass is 680 g/mol. The van der Waals surface area contributed by atoms with Crippen molar-refractivity contribution in [3.8, 4) is 36.0 Å². The highest BCUT2D eigenvalue weighted by Crippen LogP contribution is 2.26. The highest BCUT2D eigenvalue weighted by Gasteiger charge is 2.28. The topological polar surface area (TPSA) is 58.6 Å². The first-order chi connectivity index (χ1) is 23.7. The third kappa shape index (κ3) is 21.5. The van der Waals surface area contributed by atoms with Crippen molar-refractivity contribution < 1.29 is 23.1 Å². The summed E-state index contributed by atoms with van der Waals surface area (Å²) < 4.78 is 31.4. The molecule has 2 aromatic rings. The van der Waals surface area contributed by atoms with Gasteiger partial charge in [0, 0.05) is 43.4 Å². The largest absolute Gasteiger partial charge is 0.368 e. The number of hydrogen-bond acceptors (Lipinski definition) is 3. The predicted octanol–water partition coefficient (Wildman–Crippen LogP) is 10.2. The molecule has 7 heteroatoms. The Labute approximate surface area is 298 Å². The molecule has 1 aliphatic heterocycles. The second kappa shape index (κ2) is 32.4. The van der Waals surface area contributed by atoms with Gasteiger partial charge >= 0.3 is 5.92 Å². The Bertz CT molecular complexity index is 1330. The molecule has 2 amide bonds. The molecule has 272 valence electrons. The molecule has 2 aromatic carbocycles. The number of amides is 2. The fourth-order valence-corrected chi connectivity index (χ4v) is 3.98. The van der Waals surface area contributed by atoms with Crippen LogP contribution in [-0.4, -0.2) is 37.0 Å². The second-order valence-electron chi connectivity index (χ2n) is 9.29. The third-order valence-electron chi connectivity index (χ3n) is 6.15. The van der Waals surface area contributed by atoms with Crippen LogP contribution in [0.2, 0.25) is 0 Å². The molecule has 0 saturated heterocycles. The average Bonchev–Trinajstić information content (AvgIpc) is 3.14. The zero-order valence-corrected chi connectivity index (χ0v) is 32.1. The molecule has 0 saturated carbocycles. The van der Waals surface area contributed by atoms with E-state index in [-0.39, 0.29) is 37.4 Å². The molecule has 2 aliphatic rings. The number of nitrogens with zero attached hydrogens (tertiary/aromatic N) is 1. The van der Waals surface area contributed by atoms with Crippen LogP contribution in [0, 0.1) is 36.0 Å². The minimum Gasteiger partial charge on any atom is -0.368 e. The van der Waals surface area contributed by atoms with Crippen molar-refractivity contribution in [3.05, 3.63) is 65.2 Å². The fraction of sp³-hybridized carbons (Fsp3) is 0.524. The van der Waals surface area contributed by atoms with Crippen LogP contribution in [0.4, 0.5) is 14.5 Å². The van der Waals surface area contributed by atoms with Crippen LogP contribution in [0.25, 0.3) is 0 Å². The van der Waals surface area contributed by atoms with Crippen molar-refractivity contribution in [1.82, 2.24) is 5.32 Å². The summed E-state index contributed by atoms with van der Waals surface area (Å²) in [6, 6.07) is 15.8. The number of benzene rings is 2. The molecule has 0 radical (unpaired) electrons. The highest BCUT2D eigenvalue weighted by molar-refractivity contribution is 5.94. The molecule has 5 nitrogen and oxygen atoms in total. The Hall–Kier alpha value is -4.12. The summed E-state index contributed by atoms with van der Waals surface area (Å²) in [6.07, 6.45) is 6.72. The van der Waals surface area contributed by atoms with Crippen LogP contribution >= 0.6 is 0 Å². The second-order valence-corrected chi connectivity index (χ2v) is 9.29. The molecule has 1 heterocycles. The number of hydrogen-bond donors (Lipinski definition) is 1. The number of nitrogens with one attached hydrogen (secondary N) is 1. The van der Waals surface area contributed by atoms with Crippen molar-refractivity contribution in [3.63, 3.8) is 0 Å². The van der Waals surface area contributed by atoms with Crippen LogP contribution in [0.15, 0.2) is 48.5 Å². The fourth-order valence-electron chi connectivity index (χ4n) is 3.98. The molecular formula is C42H62F2N2O3. The van der Waals surface area contributed by atoms with Gasteiger partial charge in [-0.25, -0.2) is 0 Å². The normalized spacial score (nSPS) is 13.9. The lowest BCUT2D eigenvalue weighted by Crippen LogP contribution is -2.31. The van der Waals surface area contributed by atoms with E-state index in [1.54, 1.807) is 0 Å². The van der Waals surface area contributed by atoms with Crippen LogP contribution < -0.4 is 10.2 Å². The Kier molecular flexibility index (Phi) is 32.6. The van der Waals surface area contributed by atoms with Gasteiger partial charge in [-0.2, -0.15) is 8.78 Å². The Morgan fingerprint density at radius 2 is 1.47 bits per heavy atom. The first kappa shape index (κ1) is 49.3. The molecule has 1 atom stereocenters. The zero-order valence-electron chi connectivity index (χ0n) is 32.1. The van der Waals surface area contributed by atoms with E-state index in [0.29, 0.717) is 32.4 Å². The predicted molar refractivity (Wildman–Crippen MR) is 204 cm³/mol. The van der Waals surface area contributed by atoms with Crippen LogP contribution in [0.3, 0.4) is 0 Å². The van der Waals surface area contributed by atoms with E-state index in [1.807, 2.05) is 136 Å². The van der Waals surface area contributed by atoms with Gasteiger partial charge in [-0.15, -0.1) is 12.3 Å². The number of alkyl halides is 2. The Morgan fingerprint density at radius 3 is 2.04 bits per heavy atom. The molecule has 49 heavy (non-hydrogen) atoms. The molecule has 1 N–H and O–H groups in total. The molecule has 1 aliphatic carbocycles. The lowest BCUT2D eigenvalue weighted by Gasteiger charge is -2.25. The van der Waals surface area contributed by atoms with Gasteiger partial charge in [-0.3, -0.25) is 9.59 Å².